The van der Waals surface area contributed by atoms with Crippen LogP contribution in [0.25, 0.3) is 0 Å². The van der Waals surface area contributed by atoms with Gasteiger partial charge in [0.25, 0.3) is 0 Å². The van der Waals surface area contributed by atoms with Gasteiger partial charge in [-0.15, -0.1) is 0 Å². The van der Waals surface area contributed by atoms with Gasteiger partial charge in [-0.05, 0) is 34.1 Å². The fraction of sp³-hybridized carbons (Fsp3) is 0.364. The van der Waals surface area contributed by atoms with Crippen molar-refractivity contribution in [3.05, 3.63) is 37.2 Å². The van der Waals surface area contributed by atoms with E-state index in [2.05, 4.69) is 36.0 Å². The lowest BCUT2D eigenvalue weighted by molar-refractivity contribution is 0.596. The zero-order chi connectivity index (χ0) is 14.7. The number of nitrogens with zero attached hydrogens (tertiary/aromatic N) is 4. The maximum atomic E-state index is 11.3. The molecule has 106 valence electrons. The minimum absolute atomic E-state index is 0.364. The van der Waals surface area contributed by atoms with Crippen LogP contribution in [0.5, 0.6) is 0 Å². The highest BCUT2D eigenvalue weighted by atomic mass is 79.9. The second-order valence-electron chi connectivity index (χ2n) is 4.00. The third kappa shape index (κ3) is 3.54. The molecule has 0 aliphatic rings. The fourth-order valence-corrected chi connectivity index (χ4v) is 2.87. The van der Waals surface area contributed by atoms with Crippen molar-refractivity contribution in [1.82, 2.24) is 24.7 Å². The molecule has 2 rings (SSSR count). The van der Waals surface area contributed by atoms with Gasteiger partial charge in [0, 0.05) is 19.5 Å². The largest absolute Gasteiger partial charge is 0.339 e. The highest BCUT2D eigenvalue weighted by Crippen LogP contribution is 2.24. The predicted octanol–water partition coefficient (Wildman–Crippen LogP) is 1.12. The van der Waals surface area contributed by atoms with Gasteiger partial charge < -0.3 is 0 Å². The molecule has 2 aromatic rings. The van der Waals surface area contributed by atoms with Crippen LogP contribution in [-0.2, 0) is 13.5 Å². The van der Waals surface area contributed by atoms with Crippen molar-refractivity contribution in [3.63, 3.8) is 0 Å². The Labute approximate surface area is 127 Å². The van der Waals surface area contributed by atoms with E-state index in [1.165, 1.54) is 16.4 Å². The zero-order valence-electron chi connectivity index (χ0n) is 10.9. The number of hydrogen-bond donors (Lipinski definition) is 1. The van der Waals surface area contributed by atoms with Crippen LogP contribution in [-0.4, -0.2) is 24.7 Å². The molecule has 0 atom stereocenters. The van der Waals surface area contributed by atoms with Gasteiger partial charge in [-0.1, -0.05) is 6.92 Å². The number of nitrogens with one attached hydrogen (secondary N) is 1. The second-order valence-corrected chi connectivity index (χ2v) is 5.80. The normalized spacial score (nSPS) is 10.8. The molecule has 0 saturated heterocycles. The summed E-state index contributed by atoms with van der Waals surface area (Å²) in [4.78, 5) is 34.8. The Morgan fingerprint density at radius 1 is 1.35 bits per heavy atom. The highest BCUT2D eigenvalue weighted by molar-refractivity contribution is 9.10. The summed E-state index contributed by atoms with van der Waals surface area (Å²) in [7, 11) is 1.61. The quantitative estimate of drug-likeness (QED) is 0.650. The number of aromatic amines is 1. The van der Waals surface area contributed by atoms with Gasteiger partial charge in [0.05, 0.1) is 0 Å². The predicted molar refractivity (Wildman–Crippen MR) is 77.9 cm³/mol. The Bertz CT molecular complexity index is 742. The molecule has 7 nitrogen and oxygen atoms in total. The summed E-state index contributed by atoms with van der Waals surface area (Å²) in [5.41, 5.74) is -1.56. The summed E-state index contributed by atoms with van der Waals surface area (Å²) in [6.07, 6.45) is 1.71. The van der Waals surface area contributed by atoms with E-state index >= 15 is 0 Å². The number of H-pyrrole nitrogens is 1. The van der Waals surface area contributed by atoms with E-state index in [1.54, 1.807) is 13.1 Å². The number of aromatic nitrogens is 5. The van der Waals surface area contributed by atoms with Gasteiger partial charge in [0.15, 0.2) is 5.16 Å². The molecule has 0 unspecified atom stereocenters. The molecule has 0 aliphatic heterocycles. The molecule has 2 heterocycles. The van der Waals surface area contributed by atoms with E-state index in [4.69, 9.17) is 0 Å². The summed E-state index contributed by atoms with van der Waals surface area (Å²) < 4.78 is 2.07. The van der Waals surface area contributed by atoms with Crippen LogP contribution >= 0.6 is 27.7 Å². The first-order valence-electron chi connectivity index (χ1n) is 5.88. The summed E-state index contributed by atoms with van der Waals surface area (Å²) >= 11 is 4.52. The molecular weight excluding hydrogens is 346 g/mol. The first-order chi connectivity index (χ1) is 9.49. The van der Waals surface area contributed by atoms with Crippen molar-refractivity contribution >= 4 is 27.7 Å². The molecule has 0 aliphatic carbocycles. The standard InChI is InChI=1S/C11H12BrN5O2S/c1-3-4-7-13-6(12)5-8(14-7)20-11-15-9(18)10(19)16-17(11)2/h5H,3-4H2,1-2H3,(H,16,19). The van der Waals surface area contributed by atoms with Gasteiger partial charge in [0.2, 0.25) is 0 Å². The molecule has 9 heteroatoms. The second kappa shape index (κ2) is 6.31. The topological polar surface area (TPSA) is 93.5 Å². The molecule has 1 N–H and O–H groups in total. The van der Waals surface area contributed by atoms with E-state index in [1.807, 2.05) is 6.92 Å². The summed E-state index contributed by atoms with van der Waals surface area (Å²) in [6.45, 7) is 2.05. The molecule has 20 heavy (non-hydrogen) atoms. The highest BCUT2D eigenvalue weighted by Gasteiger charge is 2.09. The van der Waals surface area contributed by atoms with Crippen LogP contribution in [0.4, 0.5) is 0 Å². The average Bonchev–Trinajstić information content (AvgIpc) is 2.35. The zero-order valence-corrected chi connectivity index (χ0v) is 13.3. The van der Waals surface area contributed by atoms with Gasteiger partial charge in [0.1, 0.15) is 15.5 Å². The Morgan fingerprint density at radius 2 is 2.10 bits per heavy atom. The lowest BCUT2D eigenvalue weighted by atomic mass is 10.3. The first-order valence-corrected chi connectivity index (χ1v) is 7.49. The smallest absolute Gasteiger partial charge is 0.265 e. The number of rotatable bonds is 4. The van der Waals surface area contributed by atoms with Gasteiger partial charge in [-0.2, -0.15) is 4.98 Å². The summed E-state index contributed by atoms with van der Waals surface area (Å²) in [6, 6.07) is 1.74. The molecule has 2 aromatic heterocycles. The van der Waals surface area contributed by atoms with E-state index in [0.29, 0.717) is 14.8 Å². The van der Waals surface area contributed by atoms with Crippen molar-refractivity contribution in [2.75, 3.05) is 0 Å². The minimum Gasteiger partial charge on any atom is -0.265 e. The van der Waals surface area contributed by atoms with E-state index in [0.717, 1.165) is 18.7 Å². The molecule has 0 bridgehead atoms. The van der Waals surface area contributed by atoms with Crippen LogP contribution < -0.4 is 11.1 Å². The Balaban J connectivity index is 2.37. The third-order valence-electron chi connectivity index (χ3n) is 2.33. The maximum absolute atomic E-state index is 11.3. The van der Waals surface area contributed by atoms with E-state index in [9.17, 15) is 9.59 Å². The van der Waals surface area contributed by atoms with E-state index in [-0.39, 0.29) is 0 Å². The number of halogens is 1. The van der Waals surface area contributed by atoms with Crippen molar-refractivity contribution in [2.45, 2.75) is 29.9 Å². The summed E-state index contributed by atoms with van der Waals surface area (Å²) in [5, 5.41) is 3.41. The van der Waals surface area contributed by atoms with Gasteiger partial charge in [-0.25, -0.2) is 9.97 Å². The number of hydrogen-bond acceptors (Lipinski definition) is 6. The van der Waals surface area contributed by atoms with Crippen molar-refractivity contribution in [1.29, 1.82) is 0 Å². The van der Waals surface area contributed by atoms with Crippen LogP contribution in [0.3, 0.4) is 0 Å². The Morgan fingerprint density at radius 3 is 2.80 bits per heavy atom. The van der Waals surface area contributed by atoms with Crippen LogP contribution in [0.15, 0.2) is 30.4 Å². The molecule has 0 spiro atoms. The third-order valence-corrected chi connectivity index (χ3v) is 3.71. The molecule has 0 fully saturated rings. The SMILES string of the molecule is CCCc1nc(Br)cc(Sc2nc(=O)c(=O)[nH]n2C)n1. The summed E-state index contributed by atoms with van der Waals surface area (Å²) in [5.74, 6) is 0.721. The minimum atomic E-state index is -0.812. The molecule has 0 amide bonds. The van der Waals surface area contributed by atoms with Crippen LogP contribution in [0, 0.1) is 0 Å². The molecule has 0 aromatic carbocycles. The van der Waals surface area contributed by atoms with Gasteiger partial charge >= 0.3 is 11.1 Å². The van der Waals surface area contributed by atoms with Gasteiger partial charge in [-0.3, -0.25) is 19.4 Å². The Kier molecular flexibility index (Phi) is 4.71. The van der Waals surface area contributed by atoms with Crippen LogP contribution in [0.1, 0.15) is 19.2 Å². The van der Waals surface area contributed by atoms with Crippen molar-refractivity contribution in [3.8, 4) is 0 Å². The average molecular weight is 358 g/mol. The Hall–Kier alpha value is -1.48. The van der Waals surface area contributed by atoms with E-state index < -0.39 is 11.1 Å². The molecular formula is C11H12BrN5O2S. The maximum Gasteiger partial charge on any atom is 0.339 e. The monoisotopic (exact) mass is 357 g/mol. The molecule has 0 radical (unpaired) electrons. The molecule has 0 saturated carbocycles. The lowest BCUT2D eigenvalue weighted by Gasteiger charge is -2.06. The van der Waals surface area contributed by atoms with Crippen molar-refractivity contribution in [2.24, 2.45) is 7.05 Å². The lowest BCUT2D eigenvalue weighted by Crippen LogP contribution is -2.33. The van der Waals surface area contributed by atoms with Crippen LogP contribution in [0.2, 0.25) is 0 Å². The first kappa shape index (κ1) is 14.9. The fourth-order valence-electron chi connectivity index (χ4n) is 1.48. The number of aryl methyl sites for hydroxylation is 2. The van der Waals surface area contributed by atoms with Crippen molar-refractivity contribution < 1.29 is 0 Å².